The summed E-state index contributed by atoms with van der Waals surface area (Å²) in [4.78, 5) is 77.8. The van der Waals surface area contributed by atoms with E-state index in [2.05, 4.69) is 9.62 Å². The first-order valence-corrected chi connectivity index (χ1v) is 12.3. The number of carbonyl (C=O) groups excluding carboxylic acids is 2. The fourth-order valence-corrected chi connectivity index (χ4v) is 4.50. The standard InChI is InChI=1S/C30H18O15/c31-22-17(13-7-3-1-4-8-13)18(14-9-5-2-6-10-14)24(21(20(22)29(39)45-42)28(38)44-30(40)41)43-23-16(26(34)35)12-11-15(25(32)33)19(23)27(36)37/h1-12,31,42H,(H,32,33)(H,34,35)(H,36,37)(H,40,41). The maximum atomic E-state index is 13.3. The van der Waals surface area contributed by atoms with Gasteiger partial charge in [-0.2, -0.15) is 5.26 Å². The van der Waals surface area contributed by atoms with Crippen LogP contribution in [0.2, 0.25) is 0 Å². The first-order chi connectivity index (χ1) is 21.4. The molecule has 0 aromatic heterocycles. The summed E-state index contributed by atoms with van der Waals surface area (Å²) < 4.78 is 10.0. The van der Waals surface area contributed by atoms with Gasteiger partial charge >= 0.3 is 36.0 Å². The molecule has 0 saturated heterocycles. The van der Waals surface area contributed by atoms with Gasteiger partial charge < -0.3 is 35.0 Å². The van der Waals surface area contributed by atoms with E-state index >= 15 is 0 Å². The van der Waals surface area contributed by atoms with Gasteiger partial charge in [-0.05, 0) is 23.3 Å². The number of phenolic OH excluding ortho intramolecular Hbond substituents is 1. The van der Waals surface area contributed by atoms with E-state index in [1.54, 1.807) is 12.1 Å². The number of benzene rings is 4. The number of carboxylic acids is 3. The van der Waals surface area contributed by atoms with Gasteiger partial charge in [0, 0.05) is 11.1 Å². The number of aromatic carboxylic acids is 3. The zero-order valence-electron chi connectivity index (χ0n) is 22.3. The minimum atomic E-state index is -2.22. The van der Waals surface area contributed by atoms with E-state index in [1.165, 1.54) is 48.5 Å². The van der Waals surface area contributed by atoms with Crippen molar-refractivity contribution < 1.29 is 73.9 Å². The Morgan fingerprint density at radius 1 is 0.533 bits per heavy atom. The highest BCUT2D eigenvalue weighted by Gasteiger charge is 2.38. The Morgan fingerprint density at radius 3 is 1.51 bits per heavy atom. The third-order valence-corrected chi connectivity index (χ3v) is 6.26. The smallest absolute Gasteiger partial charge is 0.506 e. The van der Waals surface area contributed by atoms with Crippen molar-refractivity contribution in [3.63, 3.8) is 0 Å². The third-order valence-electron chi connectivity index (χ3n) is 6.26. The molecule has 4 aromatic carbocycles. The molecule has 0 aliphatic heterocycles. The Balaban J connectivity index is 2.33. The van der Waals surface area contributed by atoms with Crippen LogP contribution in [0.4, 0.5) is 4.79 Å². The summed E-state index contributed by atoms with van der Waals surface area (Å²) in [5.41, 5.74) is -6.09. The minimum absolute atomic E-state index is 0.0677. The van der Waals surface area contributed by atoms with E-state index in [9.17, 15) is 59.6 Å². The molecule has 0 atom stereocenters. The molecular weight excluding hydrogens is 600 g/mol. The molecule has 0 radical (unpaired) electrons. The summed E-state index contributed by atoms with van der Waals surface area (Å²) in [6, 6.07) is 16.1. The van der Waals surface area contributed by atoms with Crippen LogP contribution in [0.3, 0.4) is 0 Å². The second-order valence-electron chi connectivity index (χ2n) is 8.83. The number of rotatable bonds is 9. The van der Waals surface area contributed by atoms with Crippen LogP contribution in [-0.2, 0) is 9.62 Å². The van der Waals surface area contributed by atoms with Gasteiger partial charge in [-0.25, -0.2) is 28.8 Å². The SMILES string of the molecule is O=C(O)OC(=O)c1c(Oc2c(C(=O)O)ccc(C(=O)O)c2C(=O)O)c(-c2ccccc2)c(-c2ccccc2)c(O)c1C(=O)OO. The summed E-state index contributed by atoms with van der Waals surface area (Å²) in [6.07, 6.45) is -2.22. The second kappa shape index (κ2) is 12.6. The Hall–Kier alpha value is -6.74. The highest BCUT2D eigenvalue weighted by molar-refractivity contribution is 6.14. The molecule has 0 aliphatic carbocycles. The van der Waals surface area contributed by atoms with Crippen LogP contribution in [0.25, 0.3) is 22.3 Å². The van der Waals surface area contributed by atoms with Crippen LogP contribution in [0, 0.1) is 0 Å². The molecule has 228 valence electrons. The summed E-state index contributed by atoms with van der Waals surface area (Å²) in [5.74, 6) is -12.6. The number of hydrogen-bond donors (Lipinski definition) is 6. The second-order valence-corrected chi connectivity index (χ2v) is 8.83. The van der Waals surface area contributed by atoms with E-state index < -0.39 is 81.1 Å². The van der Waals surface area contributed by atoms with Crippen LogP contribution in [-0.4, -0.2) is 66.8 Å². The average molecular weight is 618 g/mol. The van der Waals surface area contributed by atoms with Gasteiger partial charge in [0.1, 0.15) is 28.0 Å². The monoisotopic (exact) mass is 618 g/mol. The van der Waals surface area contributed by atoms with Crippen molar-refractivity contribution >= 4 is 36.0 Å². The number of aromatic hydroxyl groups is 1. The van der Waals surface area contributed by atoms with Crippen molar-refractivity contribution in [1.29, 1.82) is 0 Å². The molecule has 15 heteroatoms. The van der Waals surface area contributed by atoms with Crippen molar-refractivity contribution in [2.24, 2.45) is 0 Å². The van der Waals surface area contributed by atoms with E-state index in [4.69, 9.17) is 4.74 Å². The predicted molar refractivity (Wildman–Crippen MR) is 148 cm³/mol. The van der Waals surface area contributed by atoms with E-state index in [-0.39, 0.29) is 22.3 Å². The van der Waals surface area contributed by atoms with E-state index in [0.717, 1.165) is 0 Å². The number of phenols is 1. The van der Waals surface area contributed by atoms with Gasteiger partial charge in [-0.1, -0.05) is 60.7 Å². The molecule has 0 spiro atoms. The lowest BCUT2D eigenvalue weighted by molar-refractivity contribution is -0.183. The van der Waals surface area contributed by atoms with Crippen molar-refractivity contribution in [3.8, 4) is 39.5 Å². The Bertz CT molecular complexity index is 1880. The molecule has 0 bridgehead atoms. The molecule has 4 rings (SSSR count). The molecule has 0 fully saturated rings. The molecule has 0 unspecified atom stereocenters. The number of carbonyl (C=O) groups is 6. The summed E-state index contributed by atoms with van der Waals surface area (Å²) in [6.45, 7) is 0. The number of ether oxygens (including phenoxy) is 2. The quantitative estimate of drug-likeness (QED) is 0.0619. The maximum absolute atomic E-state index is 13.3. The molecule has 0 aliphatic rings. The number of hydrogen-bond acceptors (Lipinski definition) is 11. The van der Waals surface area contributed by atoms with Crippen molar-refractivity contribution in [3.05, 3.63) is 101 Å². The van der Waals surface area contributed by atoms with Crippen LogP contribution in [0.1, 0.15) is 51.8 Å². The van der Waals surface area contributed by atoms with Crippen LogP contribution in [0.5, 0.6) is 17.2 Å². The van der Waals surface area contributed by atoms with Gasteiger partial charge in [0.25, 0.3) is 0 Å². The van der Waals surface area contributed by atoms with Crippen molar-refractivity contribution in [2.75, 3.05) is 0 Å². The lowest BCUT2D eigenvalue weighted by Gasteiger charge is -2.23. The van der Waals surface area contributed by atoms with Gasteiger partial charge in [0.2, 0.25) is 0 Å². The van der Waals surface area contributed by atoms with E-state index in [0.29, 0.717) is 12.1 Å². The number of esters is 1. The third kappa shape index (κ3) is 5.95. The number of carboxylic acid groups (broad SMARTS) is 4. The first kappa shape index (κ1) is 31.2. The average Bonchev–Trinajstić information content (AvgIpc) is 3.00. The Morgan fingerprint density at radius 2 is 1.04 bits per heavy atom. The lowest BCUT2D eigenvalue weighted by Crippen LogP contribution is -2.19. The molecule has 0 amide bonds. The molecule has 15 nitrogen and oxygen atoms in total. The summed E-state index contributed by atoms with van der Waals surface area (Å²) >= 11 is 0. The van der Waals surface area contributed by atoms with Crippen LogP contribution < -0.4 is 4.74 Å². The van der Waals surface area contributed by atoms with E-state index in [1.807, 2.05) is 0 Å². The molecule has 45 heavy (non-hydrogen) atoms. The van der Waals surface area contributed by atoms with Crippen molar-refractivity contribution in [1.82, 2.24) is 0 Å². The van der Waals surface area contributed by atoms with Crippen LogP contribution in [0.15, 0.2) is 72.8 Å². The summed E-state index contributed by atoms with van der Waals surface area (Å²) in [7, 11) is 0. The highest BCUT2D eigenvalue weighted by Crippen LogP contribution is 2.51. The Kier molecular flexibility index (Phi) is 8.76. The Labute approximate surface area is 250 Å². The lowest BCUT2D eigenvalue weighted by atomic mass is 9.87. The molecular formula is C30H18O15. The largest absolute Gasteiger partial charge is 0.513 e. The normalized spacial score (nSPS) is 10.4. The van der Waals surface area contributed by atoms with Gasteiger partial charge in [-0.3, -0.25) is 4.89 Å². The van der Waals surface area contributed by atoms with Crippen LogP contribution >= 0.6 is 0 Å². The topological polar surface area (TPSA) is 251 Å². The fraction of sp³-hybridized carbons (Fsp3) is 0. The molecule has 6 N–H and O–H groups in total. The molecule has 0 heterocycles. The highest BCUT2D eigenvalue weighted by atomic mass is 17.1. The zero-order valence-corrected chi connectivity index (χ0v) is 22.3. The van der Waals surface area contributed by atoms with Gasteiger partial charge in [-0.15, -0.1) is 0 Å². The summed E-state index contributed by atoms with van der Waals surface area (Å²) in [5, 5.41) is 59.4. The fourth-order valence-electron chi connectivity index (χ4n) is 4.50. The molecule has 4 aromatic rings. The zero-order chi connectivity index (χ0) is 33.0. The predicted octanol–water partition coefficient (Wildman–Crippen LogP) is 5.08. The molecule has 0 saturated carbocycles. The first-order valence-electron chi connectivity index (χ1n) is 12.3. The van der Waals surface area contributed by atoms with Gasteiger partial charge in [0.15, 0.2) is 11.5 Å². The van der Waals surface area contributed by atoms with Crippen molar-refractivity contribution in [2.45, 2.75) is 0 Å². The van der Waals surface area contributed by atoms with Gasteiger partial charge in [0.05, 0.1) is 5.56 Å². The maximum Gasteiger partial charge on any atom is 0.513 e. The minimum Gasteiger partial charge on any atom is -0.506 e.